The second-order valence-corrected chi connectivity index (χ2v) is 25.6. The van der Waals surface area contributed by atoms with Gasteiger partial charge in [0.2, 0.25) is 75.7 Å². The number of alkyl halides is 2. The topological polar surface area (TPSA) is 260 Å². The largest absolute Gasteiger partial charge is 0.503 e. The van der Waals surface area contributed by atoms with Gasteiger partial charge in [-0.25, -0.2) is 26.3 Å². The molecule has 2 aromatic carbocycles. The first-order chi connectivity index (χ1) is 44.3. The summed E-state index contributed by atoms with van der Waals surface area (Å²) in [5, 5.41) is 66.4. The van der Waals surface area contributed by atoms with Crippen molar-refractivity contribution in [1.82, 2.24) is 10.6 Å². The number of hydrogen-bond acceptors (Lipinski definition) is 14. The van der Waals surface area contributed by atoms with E-state index < -0.39 is 148 Å². The summed E-state index contributed by atoms with van der Waals surface area (Å²) in [6.45, 7) is 19.7. The molecule has 16 atom stereocenters. The number of halogens is 12. The van der Waals surface area contributed by atoms with Crippen molar-refractivity contribution in [1.29, 1.82) is 0 Å². The number of rotatable bonds is 21. The second-order valence-electron chi connectivity index (χ2n) is 25.0. The Labute approximate surface area is 562 Å². The number of carbonyl (C=O) groups excluding carboxylic acids is 3. The lowest BCUT2D eigenvalue weighted by molar-refractivity contribution is -0.197. The molecule has 17 nitrogen and oxygen atoms in total. The first kappa shape index (κ1) is 84.3. The smallest absolute Gasteiger partial charge is 0.314 e. The number of nitrogens with one attached hydrogen (secondary N) is 2. The van der Waals surface area contributed by atoms with Crippen LogP contribution in [0.1, 0.15) is 128 Å². The van der Waals surface area contributed by atoms with Crippen LogP contribution in [0.4, 0.5) is 43.9 Å². The van der Waals surface area contributed by atoms with E-state index in [-0.39, 0.29) is 92.2 Å². The molecule has 4 aliphatic heterocycles. The fourth-order valence-corrected chi connectivity index (χ4v) is 11.2. The molecule has 29 heteroatoms. The zero-order valence-corrected chi connectivity index (χ0v) is 55.5. The normalized spacial score (nSPS) is 29.7. The van der Waals surface area contributed by atoms with Gasteiger partial charge in [0, 0.05) is 12.8 Å². The predicted molar refractivity (Wildman–Crippen MR) is 336 cm³/mol. The van der Waals surface area contributed by atoms with Gasteiger partial charge in [-0.15, -0.1) is 23.2 Å². The molecule has 0 aromatic heterocycles. The van der Waals surface area contributed by atoms with Gasteiger partial charge in [0.1, 0.15) is 35.6 Å². The molecule has 2 amide bonds. The minimum absolute atomic E-state index is 0. The number of aliphatic carboxylic acids is 1. The van der Waals surface area contributed by atoms with Crippen molar-refractivity contribution in [3.05, 3.63) is 130 Å². The molecule has 0 saturated carbocycles. The fraction of sp³-hybridized carbons (Fsp3) is 0.582. The number of aliphatic hydroxyl groups excluding tert-OH is 2. The lowest BCUT2D eigenvalue weighted by Gasteiger charge is -2.43. The second kappa shape index (κ2) is 37.9. The Morgan fingerprint density at radius 3 is 1.26 bits per heavy atom. The van der Waals surface area contributed by atoms with Gasteiger partial charge >= 0.3 is 11.9 Å². The Bertz CT molecular complexity index is 3040. The monoisotopic (exact) mass is 1420 g/mol. The van der Waals surface area contributed by atoms with E-state index in [0.29, 0.717) is 18.8 Å². The number of carbonyl (C=O) groups is 4. The third kappa shape index (κ3) is 23.7. The Kier molecular flexibility index (Phi) is 33.3. The quantitative estimate of drug-likeness (QED) is 0.00845. The number of allylic oxidation sites excluding steroid dienone is 6. The first-order valence-electron chi connectivity index (χ1n) is 30.6. The molecular formula is C67H88Cl2F10N2O15. The standard InChI is InChI=1S/C33H41ClF5NO7.C27H42ClNO7.C6HF5O.CH4/c1-16(2)6-11-24(41)40-21-12-18(4)22(45-19(21)5)9-7-17(3)8-10-23-32(43)33(44,15-34)14-20(46-23)13-25(42)47-31-29(38)27(36)26(35)28(37)30(31)39;1-16(2)6-11-24(30)29-21-12-18(4)22(35-19(21)5)9-7-17(3)8-10-23-26(33)27(34,15-28)14-20(36-23)13-25(31)32;7-1-2(8)4(10)6(12)5(11)3(1)9;/h6-8,10-11,16,18-23,32,43-44H,9,12-15H2,1-5H3,(H,40,41);6-8,10-11,16,18-23,26,33-34H,9,12-15H2,1-5H3,(H,29,30)(H,31,32);12H;1H4/b2*10-8+,11-6-,17-7+;;/t18-,19+,20+,21+,22-,23+,32+,33+;18-,19+,20+,21+,22-,23+,26+,27+;;/m00../s1. The number of amides is 2. The van der Waals surface area contributed by atoms with Crippen LogP contribution in [0.25, 0.3) is 0 Å². The number of aromatic hydroxyl groups is 1. The van der Waals surface area contributed by atoms with Crippen molar-refractivity contribution < 1.29 is 117 Å². The number of phenols is 1. The Hall–Kier alpha value is -5.88. The van der Waals surface area contributed by atoms with E-state index in [4.69, 9.17) is 52.4 Å². The van der Waals surface area contributed by atoms with E-state index in [2.05, 4.69) is 22.3 Å². The lowest BCUT2D eigenvalue weighted by atomic mass is 9.84. The number of benzene rings is 2. The van der Waals surface area contributed by atoms with Gasteiger partial charge in [-0.1, -0.05) is 109 Å². The molecule has 2 aromatic rings. The van der Waals surface area contributed by atoms with Crippen LogP contribution in [0.3, 0.4) is 0 Å². The number of ether oxygens (including phenoxy) is 5. The molecule has 0 bridgehead atoms. The van der Waals surface area contributed by atoms with E-state index in [1.54, 1.807) is 31.2 Å². The molecule has 6 rings (SSSR count). The summed E-state index contributed by atoms with van der Waals surface area (Å²) >= 11 is 11.8. The summed E-state index contributed by atoms with van der Waals surface area (Å²) in [7, 11) is 0. The molecule has 4 saturated heterocycles. The van der Waals surface area contributed by atoms with Gasteiger partial charge < -0.3 is 65.0 Å². The highest BCUT2D eigenvalue weighted by Gasteiger charge is 2.49. The summed E-state index contributed by atoms with van der Waals surface area (Å²) < 4.78 is 157. The summed E-state index contributed by atoms with van der Waals surface area (Å²) in [5.74, 6) is -28.8. The maximum atomic E-state index is 14.0. The van der Waals surface area contributed by atoms with Crippen molar-refractivity contribution in [3.63, 3.8) is 0 Å². The number of esters is 1. The average Bonchev–Trinajstić information content (AvgIpc) is 0.810. The lowest BCUT2D eigenvalue weighted by Crippen LogP contribution is -2.58. The van der Waals surface area contributed by atoms with Gasteiger partial charge in [-0.3, -0.25) is 19.2 Å². The molecule has 0 spiro atoms. The first-order valence-corrected chi connectivity index (χ1v) is 31.7. The van der Waals surface area contributed by atoms with Gasteiger partial charge in [0.25, 0.3) is 0 Å². The van der Waals surface area contributed by atoms with Gasteiger partial charge in [-0.2, -0.15) is 17.6 Å². The van der Waals surface area contributed by atoms with Gasteiger partial charge in [0.05, 0.1) is 73.3 Å². The van der Waals surface area contributed by atoms with Gasteiger partial charge in [0.15, 0.2) is 5.75 Å². The molecule has 0 aliphatic carbocycles. The van der Waals surface area contributed by atoms with Crippen molar-refractivity contribution in [2.75, 3.05) is 11.8 Å². The van der Waals surface area contributed by atoms with Crippen LogP contribution in [0.15, 0.2) is 71.9 Å². The highest BCUT2D eigenvalue weighted by molar-refractivity contribution is 6.18. The Morgan fingerprint density at radius 1 is 0.573 bits per heavy atom. The number of aliphatic hydroxyl groups is 4. The summed E-state index contributed by atoms with van der Waals surface area (Å²) in [6.07, 6.45) is 11.2. The zero-order chi connectivity index (χ0) is 71.7. The van der Waals surface area contributed by atoms with E-state index in [1.807, 2.05) is 79.7 Å². The minimum atomic E-state index is -2.41. The maximum absolute atomic E-state index is 14.0. The third-order valence-electron chi connectivity index (χ3n) is 16.2. The molecular weight excluding hydrogens is 1330 g/mol. The minimum Gasteiger partial charge on any atom is -0.503 e. The molecule has 0 radical (unpaired) electrons. The van der Waals surface area contributed by atoms with E-state index >= 15 is 0 Å². The van der Waals surface area contributed by atoms with Crippen LogP contribution in [0.5, 0.6) is 11.5 Å². The molecule has 96 heavy (non-hydrogen) atoms. The van der Waals surface area contributed by atoms with Crippen molar-refractivity contribution in [2.45, 2.75) is 212 Å². The SMILES string of the molecule is C.CC(/C=C/[C@H]1O[C@H](CC(=O)O)C[C@@](O)(CCl)[C@@H]1O)=C\C[C@@H]1O[C@H](C)[C@H](NC(=O)/C=C\C(C)C)C[C@@H]1C.CC(/C=C/[C@H]1O[C@H](CC(=O)Oc2c(F)c(F)c(F)c(F)c2F)C[C@@](O)(CCl)[C@@H]1O)=C\C[C@@H]1O[C@H](C)[C@H](NC(=O)/C=C\C(C)C)C[C@@H]1C.Oc1c(F)c(F)c(F)c(F)c1F. The maximum Gasteiger partial charge on any atom is 0.314 e. The van der Waals surface area contributed by atoms with Crippen LogP contribution >= 0.6 is 23.2 Å². The van der Waals surface area contributed by atoms with Crippen LogP contribution in [-0.4, -0.2) is 150 Å². The van der Waals surface area contributed by atoms with Crippen LogP contribution < -0.4 is 15.4 Å². The number of carboxylic acid groups (broad SMARTS) is 1. The number of hydrogen-bond donors (Lipinski definition) is 8. The molecule has 0 unspecified atom stereocenters. The van der Waals surface area contributed by atoms with Crippen molar-refractivity contribution >= 4 is 47.0 Å². The molecule has 4 aliphatic rings. The van der Waals surface area contributed by atoms with Crippen molar-refractivity contribution in [2.24, 2.45) is 23.7 Å². The van der Waals surface area contributed by atoms with E-state index in [0.717, 1.165) is 24.0 Å². The van der Waals surface area contributed by atoms with Crippen LogP contribution in [0, 0.1) is 81.8 Å². The molecule has 4 heterocycles. The highest BCUT2D eigenvalue weighted by Crippen LogP contribution is 2.37. The number of phenolic OH excluding ortho intramolecular Hbond substituents is 1. The molecule has 4 fully saturated rings. The van der Waals surface area contributed by atoms with Gasteiger partial charge in [-0.05, 0) is 89.2 Å². The van der Waals surface area contributed by atoms with E-state index in [9.17, 15) is 83.5 Å². The Balaban J connectivity index is 0.000000431. The van der Waals surface area contributed by atoms with E-state index in [1.165, 1.54) is 12.2 Å². The Morgan fingerprint density at radius 2 is 0.917 bits per heavy atom. The highest BCUT2D eigenvalue weighted by atomic mass is 35.5. The average molecular weight is 1420 g/mol. The fourth-order valence-electron chi connectivity index (χ4n) is 10.6. The van der Waals surface area contributed by atoms with Crippen LogP contribution in [-0.2, 0) is 38.1 Å². The van der Waals surface area contributed by atoms with Crippen molar-refractivity contribution in [3.8, 4) is 11.5 Å². The summed E-state index contributed by atoms with van der Waals surface area (Å²) in [5.41, 5.74) is -1.90. The third-order valence-corrected chi connectivity index (χ3v) is 17.1. The molecule has 540 valence electrons. The summed E-state index contributed by atoms with van der Waals surface area (Å²) in [4.78, 5) is 48.0. The predicted octanol–water partition coefficient (Wildman–Crippen LogP) is 11.6. The summed E-state index contributed by atoms with van der Waals surface area (Å²) in [6, 6.07) is -0.183. The zero-order valence-electron chi connectivity index (χ0n) is 54.0. The molecule has 8 N–H and O–H groups in total. The van der Waals surface area contributed by atoms with Crippen LogP contribution in [0.2, 0.25) is 0 Å². The number of carboxylic acids is 1.